The van der Waals surface area contributed by atoms with Crippen molar-refractivity contribution in [3.05, 3.63) is 147 Å². The number of hydrogen-bond acceptors (Lipinski definition) is 5. The summed E-state index contributed by atoms with van der Waals surface area (Å²) in [5.41, 5.74) is -0.0274. The van der Waals surface area contributed by atoms with E-state index in [4.69, 9.17) is 4.74 Å². The lowest BCUT2D eigenvalue weighted by molar-refractivity contribution is -0.254. The summed E-state index contributed by atoms with van der Waals surface area (Å²) in [6.07, 6.45) is 1.65. The molecule has 0 radical (unpaired) electrons. The van der Waals surface area contributed by atoms with Crippen molar-refractivity contribution in [3.8, 4) is 30.6 Å². The van der Waals surface area contributed by atoms with E-state index in [1.165, 1.54) is 37.3 Å². The van der Waals surface area contributed by atoms with Gasteiger partial charge < -0.3 is 4.74 Å². The van der Waals surface area contributed by atoms with Crippen LogP contribution in [0.5, 0.6) is 0 Å². The molecule has 1 aliphatic carbocycles. The summed E-state index contributed by atoms with van der Waals surface area (Å²) in [7, 11) is 0. The smallest absolute Gasteiger partial charge is 0.380 e. The van der Waals surface area contributed by atoms with Crippen LogP contribution in [0.25, 0.3) is 47.9 Å². The third-order valence-corrected chi connectivity index (χ3v) is 12.4. The molecule has 0 saturated carbocycles. The largest absolute Gasteiger partial charge is 0.457 e. The summed E-state index contributed by atoms with van der Waals surface area (Å²) in [6, 6.07) is 29.2. The Balaban J connectivity index is 1.21. The van der Waals surface area contributed by atoms with Crippen molar-refractivity contribution in [3.63, 3.8) is 0 Å². The van der Waals surface area contributed by atoms with Gasteiger partial charge in [-0.05, 0) is 83.6 Å². The Kier molecular flexibility index (Phi) is 9.17. The minimum absolute atomic E-state index is 0.0370. The van der Waals surface area contributed by atoms with Gasteiger partial charge in [0.25, 0.3) is 0 Å². The van der Waals surface area contributed by atoms with Crippen LogP contribution in [0, 0.1) is 13.8 Å². The molecule has 52 heavy (non-hydrogen) atoms. The van der Waals surface area contributed by atoms with Gasteiger partial charge in [-0.15, -0.1) is 34.0 Å². The molecule has 0 unspecified atom stereocenters. The first kappa shape index (κ1) is 35.7. The molecule has 0 atom stereocenters. The van der Waals surface area contributed by atoms with Crippen LogP contribution in [-0.2, 0) is 11.3 Å². The van der Waals surface area contributed by atoms with Gasteiger partial charge in [0.15, 0.2) is 0 Å². The number of esters is 1. The maximum atomic E-state index is 15.8. The summed E-state index contributed by atoms with van der Waals surface area (Å²) >= 11 is 3.53. The third kappa shape index (κ3) is 6.04. The molecule has 0 fully saturated rings. The second-order valence-electron chi connectivity index (χ2n) is 12.3. The van der Waals surface area contributed by atoms with Gasteiger partial charge in [-0.25, -0.2) is 4.79 Å². The highest BCUT2D eigenvalue weighted by molar-refractivity contribution is 7.24. The van der Waals surface area contributed by atoms with Crippen LogP contribution in [0.15, 0.2) is 110 Å². The maximum absolute atomic E-state index is 15.8. The molecular weight excluding hydrogens is 735 g/mol. The molecule has 0 amide bonds. The highest BCUT2D eigenvalue weighted by Gasteiger charge is 2.80. The number of thiophene rings is 3. The van der Waals surface area contributed by atoms with Gasteiger partial charge >= 0.3 is 23.7 Å². The zero-order chi connectivity index (χ0) is 37.0. The van der Waals surface area contributed by atoms with Crippen LogP contribution in [0.1, 0.15) is 42.4 Å². The fourth-order valence-corrected chi connectivity index (χ4v) is 9.29. The number of benzene rings is 3. The summed E-state index contributed by atoms with van der Waals surface area (Å²) in [4.78, 5) is 15.4. The van der Waals surface area contributed by atoms with Crippen LogP contribution in [0.3, 0.4) is 0 Å². The van der Waals surface area contributed by atoms with E-state index in [0.717, 1.165) is 38.7 Å². The molecule has 0 saturated heterocycles. The first-order valence-corrected chi connectivity index (χ1v) is 18.4. The Morgan fingerprint density at radius 1 is 0.654 bits per heavy atom. The molecule has 0 N–H and O–H groups in total. The Labute approximate surface area is 308 Å². The second kappa shape index (κ2) is 13.4. The van der Waals surface area contributed by atoms with Crippen molar-refractivity contribution in [1.82, 2.24) is 0 Å². The SMILES string of the molecule is C=Cc1ccc(C(=O)OCc2ccc(-c3cc(C4=C(c5cc(-c6ccc(-c7ccccc7)s6)sc5C)C(F)(F)C(F)(F)C4(F)F)c(C)s3)cc2)cc1. The van der Waals surface area contributed by atoms with Crippen LogP contribution < -0.4 is 0 Å². The number of ether oxygens (including phenoxy) is 1. The fraction of sp³-hybridized carbons (Fsp3) is 0.146. The summed E-state index contributed by atoms with van der Waals surface area (Å²) in [5.74, 6) is -16.5. The van der Waals surface area contributed by atoms with Crippen molar-refractivity contribution in [2.24, 2.45) is 0 Å². The van der Waals surface area contributed by atoms with E-state index in [9.17, 15) is 4.79 Å². The fourth-order valence-electron chi connectivity index (χ4n) is 6.14. The standard InChI is InChI=1S/C41H28F6O2S3/c1-4-25-10-16-29(17-11-25)38(48)49-22-26-12-14-28(15-13-26)34-20-30(23(2)50-34)36-37(40(44,45)41(46,47)39(36,42)43)31-21-35(51-24(31)3)33-19-18-32(52-33)27-8-6-5-7-9-27/h4-21H,1,22H2,2-3H3. The lowest BCUT2D eigenvalue weighted by Gasteiger charge is -2.25. The Morgan fingerprint density at radius 2 is 1.19 bits per heavy atom. The zero-order valence-corrected chi connectivity index (χ0v) is 30.1. The molecule has 0 bridgehead atoms. The van der Waals surface area contributed by atoms with E-state index in [-0.39, 0.29) is 27.5 Å². The average Bonchev–Trinajstić information content (AvgIpc) is 3.90. The minimum atomic E-state index is -5.66. The number of carbonyl (C=O) groups is 1. The topological polar surface area (TPSA) is 26.3 Å². The molecule has 264 valence electrons. The first-order valence-electron chi connectivity index (χ1n) is 16.0. The van der Waals surface area contributed by atoms with Gasteiger partial charge in [0.05, 0.1) is 5.56 Å². The van der Waals surface area contributed by atoms with Crippen molar-refractivity contribution >= 4 is 57.2 Å². The Morgan fingerprint density at radius 3 is 1.79 bits per heavy atom. The van der Waals surface area contributed by atoms with Gasteiger partial charge in [-0.1, -0.05) is 79.4 Å². The number of rotatable bonds is 9. The van der Waals surface area contributed by atoms with Gasteiger partial charge in [0, 0.05) is 40.4 Å². The zero-order valence-electron chi connectivity index (χ0n) is 27.6. The number of hydrogen-bond donors (Lipinski definition) is 0. The molecule has 11 heteroatoms. The highest BCUT2D eigenvalue weighted by Crippen LogP contribution is 2.66. The summed E-state index contributed by atoms with van der Waals surface area (Å²) in [5, 5.41) is 0. The molecule has 1 aliphatic rings. The minimum Gasteiger partial charge on any atom is -0.457 e. The van der Waals surface area contributed by atoms with Crippen molar-refractivity contribution in [2.45, 2.75) is 38.2 Å². The molecule has 3 aromatic carbocycles. The van der Waals surface area contributed by atoms with Gasteiger partial charge in [0.2, 0.25) is 0 Å². The normalized spacial score (nSPS) is 15.9. The monoisotopic (exact) mass is 762 g/mol. The molecule has 0 aliphatic heterocycles. The van der Waals surface area contributed by atoms with Crippen LogP contribution in [0.4, 0.5) is 26.3 Å². The van der Waals surface area contributed by atoms with E-state index in [2.05, 4.69) is 6.58 Å². The van der Waals surface area contributed by atoms with E-state index >= 15 is 26.3 Å². The lowest BCUT2D eigenvalue weighted by atomic mass is 9.94. The quantitative estimate of drug-likeness (QED) is 0.108. The van der Waals surface area contributed by atoms with Gasteiger partial charge in [0.1, 0.15) is 6.61 Å². The summed E-state index contributed by atoms with van der Waals surface area (Å²) in [6.45, 7) is 6.58. The maximum Gasteiger partial charge on any atom is 0.380 e. The van der Waals surface area contributed by atoms with Crippen LogP contribution >= 0.6 is 34.0 Å². The predicted molar refractivity (Wildman–Crippen MR) is 200 cm³/mol. The van der Waals surface area contributed by atoms with Gasteiger partial charge in [-0.3, -0.25) is 0 Å². The number of carbonyl (C=O) groups excluding carboxylic acids is 1. The molecule has 3 aromatic heterocycles. The van der Waals surface area contributed by atoms with E-state index in [1.807, 2.05) is 36.4 Å². The van der Waals surface area contributed by atoms with E-state index in [0.29, 0.717) is 31.3 Å². The van der Waals surface area contributed by atoms with E-state index in [1.54, 1.807) is 60.7 Å². The van der Waals surface area contributed by atoms with E-state index < -0.39 is 34.9 Å². The van der Waals surface area contributed by atoms with Crippen molar-refractivity contribution in [1.29, 1.82) is 0 Å². The summed E-state index contributed by atoms with van der Waals surface area (Å²) < 4.78 is 99.0. The lowest BCUT2D eigenvalue weighted by Crippen LogP contribution is -2.48. The highest BCUT2D eigenvalue weighted by atomic mass is 32.1. The number of halogens is 6. The Bertz CT molecular complexity index is 2330. The number of allylic oxidation sites excluding steroid dienone is 2. The van der Waals surface area contributed by atoms with Crippen LogP contribution in [-0.4, -0.2) is 23.7 Å². The molecular formula is C41H28F6O2S3. The van der Waals surface area contributed by atoms with Crippen LogP contribution in [0.2, 0.25) is 0 Å². The molecule has 2 nitrogen and oxygen atoms in total. The van der Waals surface area contributed by atoms with Crippen molar-refractivity contribution in [2.75, 3.05) is 0 Å². The number of aryl methyl sites for hydroxylation is 2. The molecule has 0 spiro atoms. The molecule has 6 aromatic rings. The Hall–Kier alpha value is -4.71. The molecule has 3 heterocycles. The average molecular weight is 763 g/mol. The first-order chi connectivity index (χ1) is 24.7. The van der Waals surface area contributed by atoms with Crippen molar-refractivity contribution < 1.29 is 35.9 Å². The molecule has 7 rings (SSSR count). The third-order valence-electron chi connectivity index (χ3n) is 8.94. The second-order valence-corrected chi connectivity index (χ2v) is 15.9. The number of alkyl halides is 6. The van der Waals surface area contributed by atoms with Gasteiger partial charge in [-0.2, -0.15) is 26.3 Å². The predicted octanol–water partition coefficient (Wildman–Crippen LogP) is 13.3.